The molecule has 0 unspecified atom stereocenters. The number of hydrogen-bond donors (Lipinski definition) is 0. The Labute approximate surface area is 220 Å². The van der Waals surface area contributed by atoms with Crippen molar-refractivity contribution in [2.24, 2.45) is 0 Å². The molecule has 0 aliphatic carbocycles. The van der Waals surface area contributed by atoms with Crippen LogP contribution in [0.4, 0.5) is 11.4 Å². The molecule has 7 nitrogen and oxygen atoms in total. The van der Waals surface area contributed by atoms with E-state index in [1.54, 1.807) is 33.1 Å². The molecule has 196 valence electrons. The molecule has 0 atom stereocenters. The fourth-order valence-electron chi connectivity index (χ4n) is 5.00. The summed E-state index contributed by atoms with van der Waals surface area (Å²) < 4.78 is 31.1. The maximum Gasteiger partial charge on any atom is 0.178 e. The van der Waals surface area contributed by atoms with E-state index in [1.807, 2.05) is 36.7 Å². The Morgan fingerprint density at radius 1 is 0.892 bits per heavy atom. The van der Waals surface area contributed by atoms with Gasteiger partial charge in [0.2, 0.25) is 0 Å². The molecule has 37 heavy (non-hydrogen) atoms. The normalized spacial score (nSPS) is 14.0. The Hall–Kier alpha value is -3.39. The summed E-state index contributed by atoms with van der Waals surface area (Å²) in [5.74, 6) is 0.649. The van der Waals surface area contributed by atoms with Crippen LogP contribution in [0, 0.1) is 13.8 Å². The second kappa shape index (κ2) is 11.8. The van der Waals surface area contributed by atoms with Gasteiger partial charge in [-0.25, -0.2) is 8.42 Å². The standard InChI is InChI=1S/C29H35N3O4S/c1-22-19-28(36-3)20-23(2)29(22)37(34,35)18-4-5-27(33)21-24-6-8-25(9-7-24)31-14-16-32(17-15-31)26-10-12-30-13-11-26/h6-13,19-20H,4-5,14-18,21H2,1-3H3. The summed E-state index contributed by atoms with van der Waals surface area (Å²) in [5.41, 5.74) is 4.64. The smallest absolute Gasteiger partial charge is 0.178 e. The molecule has 0 amide bonds. The van der Waals surface area contributed by atoms with E-state index in [9.17, 15) is 13.2 Å². The Morgan fingerprint density at radius 3 is 1.97 bits per heavy atom. The molecule has 1 saturated heterocycles. The summed E-state index contributed by atoms with van der Waals surface area (Å²) in [6, 6.07) is 15.7. The highest BCUT2D eigenvalue weighted by Crippen LogP contribution is 2.27. The molecule has 2 aromatic carbocycles. The minimum absolute atomic E-state index is 0.0445. The number of nitrogens with zero attached hydrogens (tertiary/aromatic N) is 3. The lowest BCUT2D eigenvalue weighted by Crippen LogP contribution is -2.46. The maximum atomic E-state index is 12.9. The van der Waals surface area contributed by atoms with Crippen molar-refractivity contribution in [1.29, 1.82) is 0 Å². The van der Waals surface area contributed by atoms with Gasteiger partial charge in [0.15, 0.2) is 9.84 Å². The molecule has 0 spiro atoms. The zero-order valence-corrected chi connectivity index (χ0v) is 22.6. The third-order valence-corrected chi connectivity index (χ3v) is 8.95. The molecule has 1 aliphatic heterocycles. The number of Topliss-reactive ketones (excluding diaryl/α,β-unsaturated/α-hetero) is 1. The number of pyridine rings is 1. The van der Waals surface area contributed by atoms with Crippen molar-refractivity contribution >= 4 is 27.0 Å². The molecule has 3 aromatic rings. The highest BCUT2D eigenvalue weighted by Gasteiger charge is 2.21. The van der Waals surface area contributed by atoms with Crippen molar-refractivity contribution in [3.8, 4) is 5.75 Å². The summed E-state index contributed by atoms with van der Waals surface area (Å²) in [5, 5.41) is 0. The molecule has 0 N–H and O–H groups in total. The van der Waals surface area contributed by atoms with Crippen LogP contribution in [0.3, 0.4) is 0 Å². The Bertz CT molecular complexity index is 1290. The number of aromatic nitrogens is 1. The number of aryl methyl sites for hydroxylation is 2. The van der Waals surface area contributed by atoms with Crippen molar-refractivity contribution in [2.45, 2.75) is 38.0 Å². The summed E-state index contributed by atoms with van der Waals surface area (Å²) in [7, 11) is -1.91. The molecule has 2 heterocycles. The van der Waals surface area contributed by atoms with Gasteiger partial charge in [0.25, 0.3) is 0 Å². The number of carbonyl (C=O) groups excluding carboxylic acids is 1. The number of rotatable bonds is 10. The summed E-state index contributed by atoms with van der Waals surface area (Å²) in [6.45, 7) is 7.31. The van der Waals surface area contributed by atoms with Gasteiger partial charge in [-0.2, -0.15) is 0 Å². The first-order valence-corrected chi connectivity index (χ1v) is 14.3. The first-order valence-electron chi connectivity index (χ1n) is 12.7. The SMILES string of the molecule is COc1cc(C)c(S(=O)(=O)CCCC(=O)Cc2ccc(N3CCN(c4ccncc4)CC3)cc2)c(C)c1. The van der Waals surface area contributed by atoms with Gasteiger partial charge in [-0.3, -0.25) is 9.78 Å². The second-order valence-electron chi connectivity index (χ2n) is 9.57. The minimum atomic E-state index is -3.47. The molecular weight excluding hydrogens is 486 g/mol. The van der Waals surface area contributed by atoms with Crippen LogP contribution < -0.4 is 14.5 Å². The monoisotopic (exact) mass is 521 g/mol. The van der Waals surface area contributed by atoms with E-state index >= 15 is 0 Å². The van der Waals surface area contributed by atoms with Crippen LogP contribution in [-0.2, 0) is 21.1 Å². The molecule has 1 aromatic heterocycles. The average molecular weight is 522 g/mol. The summed E-state index contributed by atoms with van der Waals surface area (Å²) >= 11 is 0. The van der Waals surface area contributed by atoms with E-state index in [-0.39, 0.29) is 18.0 Å². The second-order valence-corrected chi connectivity index (χ2v) is 11.6. The fraction of sp³-hybridized carbons (Fsp3) is 0.379. The van der Waals surface area contributed by atoms with E-state index in [0.29, 0.717) is 34.6 Å². The lowest BCUT2D eigenvalue weighted by Gasteiger charge is -2.37. The molecule has 0 saturated carbocycles. The largest absolute Gasteiger partial charge is 0.497 e. The van der Waals surface area contributed by atoms with Gasteiger partial charge in [0, 0.05) is 62.8 Å². The minimum Gasteiger partial charge on any atom is -0.497 e. The molecule has 4 rings (SSSR count). The molecule has 8 heteroatoms. The highest BCUT2D eigenvalue weighted by molar-refractivity contribution is 7.91. The number of ketones is 1. The fourth-order valence-corrected chi connectivity index (χ4v) is 6.83. The number of anilines is 2. The number of methoxy groups -OCH3 is 1. The van der Waals surface area contributed by atoms with Crippen LogP contribution >= 0.6 is 0 Å². The van der Waals surface area contributed by atoms with Crippen molar-refractivity contribution in [1.82, 2.24) is 4.98 Å². The number of hydrogen-bond acceptors (Lipinski definition) is 7. The lowest BCUT2D eigenvalue weighted by atomic mass is 10.1. The van der Waals surface area contributed by atoms with Crippen LogP contribution in [-0.4, -0.2) is 58.2 Å². The Kier molecular flexibility index (Phi) is 8.48. The number of carbonyl (C=O) groups is 1. The number of sulfone groups is 1. The molecule has 1 fully saturated rings. The van der Waals surface area contributed by atoms with Crippen LogP contribution in [0.15, 0.2) is 65.8 Å². The van der Waals surface area contributed by atoms with Gasteiger partial charge < -0.3 is 14.5 Å². The third kappa shape index (κ3) is 6.68. The predicted molar refractivity (Wildman–Crippen MR) is 148 cm³/mol. The van der Waals surface area contributed by atoms with Crippen molar-refractivity contribution in [3.63, 3.8) is 0 Å². The zero-order valence-electron chi connectivity index (χ0n) is 21.8. The maximum absolute atomic E-state index is 12.9. The van der Waals surface area contributed by atoms with Gasteiger partial charge in [-0.05, 0) is 73.4 Å². The van der Waals surface area contributed by atoms with Crippen molar-refractivity contribution in [2.75, 3.05) is 48.8 Å². The van der Waals surface area contributed by atoms with Gasteiger partial charge in [0.1, 0.15) is 11.5 Å². The van der Waals surface area contributed by atoms with Crippen LogP contribution in [0.5, 0.6) is 5.75 Å². The quantitative estimate of drug-likeness (QED) is 0.391. The van der Waals surface area contributed by atoms with Crippen LogP contribution in [0.1, 0.15) is 29.5 Å². The van der Waals surface area contributed by atoms with E-state index in [0.717, 1.165) is 37.4 Å². The predicted octanol–water partition coefficient (Wildman–Crippen LogP) is 4.40. The molecule has 1 aliphatic rings. The summed E-state index contributed by atoms with van der Waals surface area (Å²) in [4.78, 5) is 21.7. The van der Waals surface area contributed by atoms with Gasteiger partial charge in [-0.1, -0.05) is 12.1 Å². The first kappa shape index (κ1) is 26.7. The molecule has 0 radical (unpaired) electrons. The van der Waals surface area contributed by atoms with E-state index < -0.39 is 9.84 Å². The highest BCUT2D eigenvalue weighted by atomic mass is 32.2. The van der Waals surface area contributed by atoms with E-state index in [4.69, 9.17) is 4.74 Å². The van der Waals surface area contributed by atoms with Gasteiger partial charge in [-0.15, -0.1) is 0 Å². The molecule has 0 bridgehead atoms. The van der Waals surface area contributed by atoms with E-state index in [1.165, 1.54) is 5.69 Å². The Morgan fingerprint density at radius 2 is 1.43 bits per heavy atom. The van der Waals surface area contributed by atoms with Crippen LogP contribution in [0.25, 0.3) is 0 Å². The van der Waals surface area contributed by atoms with Crippen molar-refractivity contribution < 1.29 is 17.9 Å². The third-order valence-electron chi connectivity index (χ3n) is 6.86. The molecular formula is C29H35N3O4S. The average Bonchev–Trinajstić information content (AvgIpc) is 2.89. The Balaban J connectivity index is 1.25. The van der Waals surface area contributed by atoms with Gasteiger partial charge >= 0.3 is 0 Å². The zero-order chi connectivity index (χ0) is 26.4. The number of benzene rings is 2. The van der Waals surface area contributed by atoms with Gasteiger partial charge in [0.05, 0.1) is 17.8 Å². The van der Waals surface area contributed by atoms with E-state index in [2.05, 4.69) is 26.9 Å². The number of ether oxygens (including phenoxy) is 1. The first-order chi connectivity index (χ1) is 17.8. The summed E-state index contributed by atoms with van der Waals surface area (Å²) in [6.07, 6.45) is 4.52. The lowest BCUT2D eigenvalue weighted by molar-refractivity contribution is -0.118. The number of piperazine rings is 1. The van der Waals surface area contributed by atoms with Crippen LogP contribution in [0.2, 0.25) is 0 Å². The van der Waals surface area contributed by atoms with Crippen molar-refractivity contribution in [3.05, 3.63) is 77.6 Å². The topological polar surface area (TPSA) is 79.8 Å².